The van der Waals surface area contributed by atoms with Gasteiger partial charge in [0.15, 0.2) is 0 Å². The van der Waals surface area contributed by atoms with Gasteiger partial charge >= 0.3 is 5.97 Å². The van der Waals surface area contributed by atoms with Crippen molar-refractivity contribution in [1.82, 2.24) is 4.90 Å². The summed E-state index contributed by atoms with van der Waals surface area (Å²) in [5, 5.41) is 1.33. The first-order valence-electron chi connectivity index (χ1n) is 8.47. The van der Waals surface area contributed by atoms with Crippen molar-refractivity contribution < 1.29 is 23.9 Å². The van der Waals surface area contributed by atoms with Crippen molar-refractivity contribution in [3.63, 3.8) is 0 Å². The van der Waals surface area contributed by atoms with Crippen molar-refractivity contribution in [2.45, 2.75) is 19.9 Å². The molecule has 1 aliphatic heterocycles. The van der Waals surface area contributed by atoms with Crippen molar-refractivity contribution in [2.75, 3.05) is 13.7 Å². The summed E-state index contributed by atoms with van der Waals surface area (Å²) in [5.41, 5.74) is 0.792. The predicted octanol–water partition coefficient (Wildman–Crippen LogP) is 3.84. The summed E-state index contributed by atoms with van der Waals surface area (Å²) in [7, 11) is 1.60. The van der Waals surface area contributed by atoms with Gasteiger partial charge in [-0.3, -0.25) is 14.5 Å². The molecule has 6 nitrogen and oxygen atoms in total. The fourth-order valence-electron chi connectivity index (χ4n) is 2.92. The van der Waals surface area contributed by atoms with E-state index in [1.54, 1.807) is 20.1 Å². The Morgan fingerprint density at radius 1 is 1.19 bits per heavy atom. The van der Waals surface area contributed by atoms with Crippen LogP contribution in [-0.4, -0.2) is 41.8 Å². The van der Waals surface area contributed by atoms with E-state index < -0.39 is 23.2 Å². The molecule has 0 aliphatic carbocycles. The smallest absolute Gasteiger partial charge is 0.329 e. The molecule has 1 fully saturated rings. The number of thioether (sulfide) groups is 1. The second-order valence-electron chi connectivity index (χ2n) is 5.88. The Kier molecular flexibility index (Phi) is 5.51. The van der Waals surface area contributed by atoms with E-state index in [0.29, 0.717) is 0 Å². The molecule has 2 aromatic rings. The Bertz CT molecular complexity index is 953. The van der Waals surface area contributed by atoms with Crippen molar-refractivity contribution in [3.8, 4) is 5.75 Å². The van der Waals surface area contributed by atoms with Crippen LogP contribution in [0.4, 0.5) is 4.79 Å². The molecule has 1 aliphatic rings. The molecule has 0 saturated carbocycles. The minimum atomic E-state index is -0.962. The summed E-state index contributed by atoms with van der Waals surface area (Å²) in [4.78, 5) is 38.1. The zero-order chi connectivity index (χ0) is 19.6. The zero-order valence-corrected chi connectivity index (χ0v) is 16.0. The van der Waals surface area contributed by atoms with E-state index in [2.05, 4.69) is 0 Å². The summed E-state index contributed by atoms with van der Waals surface area (Å²) in [6, 6.07) is 10.4. The number of carbonyl (C=O) groups is 3. The van der Waals surface area contributed by atoms with Gasteiger partial charge in [0.05, 0.1) is 18.6 Å². The summed E-state index contributed by atoms with van der Waals surface area (Å²) in [5.74, 6) is -0.367. The fraction of sp³-hybridized carbons (Fsp3) is 0.250. The molecule has 140 valence electrons. The maximum absolute atomic E-state index is 12.7. The first-order chi connectivity index (χ1) is 13.0. The molecule has 7 heteroatoms. The van der Waals surface area contributed by atoms with Crippen LogP contribution in [-0.2, 0) is 14.3 Å². The molecule has 0 bridgehead atoms. The molecule has 0 unspecified atom stereocenters. The average molecular weight is 385 g/mol. The summed E-state index contributed by atoms with van der Waals surface area (Å²) in [6.45, 7) is 3.35. The van der Waals surface area contributed by atoms with Gasteiger partial charge in [-0.15, -0.1) is 0 Å². The van der Waals surface area contributed by atoms with Crippen LogP contribution in [0.15, 0.2) is 41.3 Å². The quantitative estimate of drug-likeness (QED) is 0.575. The number of carbonyl (C=O) groups excluding carboxylic acids is 3. The fourth-order valence-corrected chi connectivity index (χ4v) is 3.82. The van der Waals surface area contributed by atoms with E-state index in [9.17, 15) is 14.4 Å². The number of imide groups is 1. The van der Waals surface area contributed by atoms with Crippen LogP contribution in [0, 0.1) is 0 Å². The number of methoxy groups -OCH3 is 1. The third-order valence-corrected chi connectivity index (χ3v) is 5.15. The maximum atomic E-state index is 12.7. The van der Waals surface area contributed by atoms with Gasteiger partial charge in [0.1, 0.15) is 11.8 Å². The highest BCUT2D eigenvalue weighted by Crippen LogP contribution is 2.36. The van der Waals surface area contributed by atoms with Crippen molar-refractivity contribution in [3.05, 3.63) is 46.9 Å². The molecule has 0 aromatic heterocycles. The lowest BCUT2D eigenvalue weighted by molar-refractivity contribution is -0.150. The van der Waals surface area contributed by atoms with E-state index in [4.69, 9.17) is 9.47 Å². The van der Waals surface area contributed by atoms with E-state index in [1.165, 1.54) is 6.92 Å². The van der Waals surface area contributed by atoms with Crippen LogP contribution in [0.25, 0.3) is 16.8 Å². The third-order valence-electron chi connectivity index (χ3n) is 4.26. The molecule has 0 radical (unpaired) electrons. The van der Waals surface area contributed by atoms with Crippen LogP contribution in [0.3, 0.4) is 0 Å². The number of fused-ring (bicyclic) bond motifs is 1. The number of hydrogen-bond acceptors (Lipinski definition) is 6. The second kappa shape index (κ2) is 7.84. The lowest BCUT2D eigenvalue weighted by atomic mass is 10.0. The average Bonchev–Trinajstić information content (AvgIpc) is 2.95. The standard InChI is InChI=1S/C20H19NO5S/c1-4-26-19(23)12(2)21-18(22)17(27-20(21)24)11-13-9-10-16(25-3)15-8-6-5-7-14(13)15/h5-12H,4H2,1-3H3/b17-11+/t12-/m0/s1. The summed E-state index contributed by atoms with van der Waals surface area (Å²) >= 11 is 0.818. The topological polar surface area (TPSA) is 72.9 Å². The number of benzene rings is 2. The lowest BCUT2D eigenvalue weighted by Crippen LogP contribution is -2.42. The predicted molar refractivity (Wildman–Crippen MR) is 104 cm³/mol. The van der Waals surface area contributed by atoms with E-state index in [1.807, 2.05) is 36.4 Å². The maximum Gasteiger partial charge on any atom is 0.329 e. The van der Waals surface area contributed by atoms with Gasteiger partial charge in [0.25, 0.3) is 11.1 Å². The second-order valence-corrected chi connectivity index (χ2v) is 6.88. The monoisotopic (exact) mass is 385 g/mol. The van der Waals surface area contributed by atoms with Gasteiger partial charge in [-0.2, -0.15) is 0 Å². The summed E-state index contributed by atoms with van der Waals surface area (Å²) in [6.07, 6.45) is 1.67. The number of rotatable bonds is 5. The summed E-state index contributed by atoms with van der Waals surface area (Å²) < 4.78 is 10.3. The molecule has 3 rings (SSSR count). The molecular formula is C20H19NO5S. The highest BCUT2D eigenvalue weighted by Gasteiger charge is 2.41. The Hall–Kier alpha value is -2.80. The lowest BCUT2D eigenvalue weighted by Gasteiger charge is -2.19. The van der Waals surface area contributed by atoms with Gasteiger partial charge in [0.2, 0.25) is 0 Å². The van der Waals surface area contributed by atoms with Gasteiger partial charge < -0.3 is 9.47 Å². The molecule has 0 N–H and O–H groups in total. The number of nitrogens with zero attached hydrogens (tertiary/aromatic N) is 1. The van der Waals surface area contributed by atoms with E-state index in [-0.39, 0.29) is 11.5 Å². The van der Waals surface area contributed by atoms with Crippen LogP contribution in [0.2, 0.25) is 0 Å². The highest BCUT2D eigenvalue weighted by molar-refractivity contribution is 8.18. The Morgan fingerprint density at radius 2 is 1.89 bits per heavy atom. The van der Waals surface area contributed by atoms with Gasteiger partial charge in [0, 0.05) is 5.39 Å². The highest BCUT2D eigenvalue weighted by atomic mass is 32.2. The van der Waals surface area contributed by atoms with E-state index >= 15 is 0 Å². The Morgan fingerprint density at radius 3 is 2.56 bits per heavy atom. The number of hydrogen-bond donors (Lipinski definition) is 0. The first-order valence-corrected chi connectivity index (χ1v) is 9.29. The van der Waals surface area contributed by atoms with Gasteiger partial charge in [-0.05, 0) is 48.7 Å². The van der Waals surface area contributed by atoms with Crippen molar-refractivity contribution in [2.24, 2.45) is 0 Å². The third kappa shape index (κ3) is 3.55. The van der Waals surface area contributed by atoms with Crippen LogP contribution in [0.5, 0.6) is 5.75 Å². The number of ether oxygens (including phenoxy) is 2. The van der Waals surface area contributed by atoms with Crippen molar-refractivity contribution in [1.29, 1.82) is 0 Å². The minimum Gasteiger partial charge on any atom is -0.496 e. The SMILES string of the molecule is CCOC(=O)[C@H](C)N1C(=O)S/C(=C/c2ccc(OC)c3ccccc23)C1=O. The molecule has 1 atom stereocenters. The number of esters is 1. The van der Waals surface area contributed by atoms with Crippen LogP contribution >= 0.6 is 11.8 Å². The van der Waals surface area contributed by atoms with E-state index in [0.717, 1.165) is 38.7 Å². The molecule has 1 saturated heterocycles. The minimum absolute atomic E-state index is 0.188. The zero-order valence-electron chi connectivity index (χ0n) is 15.2. The Labute approximate surface area is 161 Å². The molecule has 1 heterocycles. The van der Waals surface area contributed by atoms with Gasteiger partial charge in [-0.1, -0.05) is 30.3 Å². The molecule has 27 heavy (non-hydrogen) atoms. The molecule has 2 aromatic carbocycles. The largest absolute Gasteiger partial charge is 0.496 e. The van der Waals surface area contributed by atoms with Crippen LogP contribution < -0.4 is 4.74 Å². The molecular weight excluding hydrogens is 366 g/mol. The van der Waals surface area contributed by atoms with Gasteiger partial charge in [-0.25, -0.2) is 4.79 Å². The normalized spacial score (nSPS) is 16.9. The molecule has 2 amide bonds. The molecule has 0 spiro atoms. The first kappa shape index (κ1) is 19.0. The Balaban J connectivity index is 1.97. The van der Waals surface area contributed by atoms with Crippen LogP contribution in [0.1, 0.15) is 19.4 Å². The van der Waals surface area contributed by atoms with Crippen molar-refractivity contribution >= 4 is 45.7 Å². The number of amides is 2.